The van der Waals surface area contributed by atoms with Crippen LogP contribution in [0.25, 0.3) is 0 Å². The first-order valence-corrected chi connectivity index (χ1v) is 15.4. The van der Waals surface area contributed by atoms with Gasteiger partial charge in [0.25, 0.3) is 30.1 Å². The minimum Gasteiger partial charge on any atom is -0.272 e. The molecule has 1 heterocycles. The number of nitrogens with zero attached hydrogens (tertiary/aromatic N) is 2. The van der Waals surface area contributed by atoms with Crippen molar-refractivity contribution in [2.75, 3.05) is 10.3 Å². The fourth-order valence-corrected chi connectivity index (χ4v) is 8.38. The lowest BCUT2D eigenvalue weighted by Crippen LogP contribution is -2.37. The molecular weight excluding hydrogens is 522 g/mol. The third kappa shape index (κ3) is 5.15. The van der Waals surface area contributed by atoms with E-state index in [0.717, 1.165) is 41.8 Å². The smallest absolute Gasteiger partial charge is 0.272 e. The number of hydrogen-bond acceptors (Lipinski definition) is 7. The number of hydrogen-bond donors (Lipinski definition) is 1. The van der Waals surface area contributed by atoms with E-state index in [1.807, 2.05) is 0 Å². The van der Waals surface area contributed by atoms with E-state index in [4.69, 9.17) is 0 Å². The predicted molar refractivity (Wildman–Crippen MR) is 138 cm³/mol. The van der Waals surface area contributed by atoms with Crippen LogP contribution in [0.3, 0.4) is 0 Å². The molecule has 3 aromatic rings. The number of anilines is 1. The van der Waals surface area contributed by atoms with Crippen molar-refractivity contribution < 1.29 is 25.3 Å². The zero-order valence-electron chi connectivity index (χ0n) is 19.6. The number of aryl methyl sites for hydroxylation is 2. The number of rotatable bonds is 7. The lowest BCUT2D eigenvalue weighted by atomic mass is 10.2. The SMILES string of the molecule is Cc1ccc(S(=O)(=O)N(c2ccc(S(=O)(=O)NC3=NCCC3)cc2)S(=O)(=O)c2ccc(C)cc2)cc1. The van der Waals surface area contributed by atoms with Crippen LogP contribution >= 0.6 is 0 Å². The van der Waals surface area contributed by atoms with Crippen molar-refractivity contribution >= 4 is 41.6 Å². The van der Waals surface area contributed by atoms with E-state index >= 15 is 0 Å². The average Bonchev–Trinajstić information content (AvgIpc) is 3.32. The highest BCUT2D eigenvalue weighted by Crippen LogP contribution is 2.32. The van der Waals surface area contributed by atoms with Gasteiger partial charge >= 0.3 is 0 Å². The topological polar surface area (TPSA) is 130 Å². The average molecular weight is 548 g/mol. The van der Waals surface area contributed by atoms with Gasteiger partial charge in [-0.2, -0.15) is 3.71 Å². The Balaban J connectivity index is 1.81. The molecule has 0 fully saturated rings. The molecule has 3 aromatic carbocycles. The first kappa shape index (κ1) is 25.9. The Morgan fingerprint density at radius 3 is 1.53 bits per heavy atom. The zero-order chi connectivity index (χ0) is 26.1. The second-order valence-corrected chi connectivity index (χ2v) is 13.9. The van der Waals surface area contributed by atoms with Crippen LogP contribution in [0, 0.1) is 13.8 Å². The van der Waals surface area contributed by atoms with E-state index in [1.54, 1.807) is 38.1 Å². The lowest BCUT2D eigenvalue weighted by molar-refractivity contribution is 0.584. The molecule has 0 atom stereocenters. The summed E-state index contributed by atoms with van der Waals surface area (Å²) in [4.78, 5) is 3.50. The van der Waals surface area contributed by atoms with Crippen LogP contribution in [0.5, 0.6) is 0 Å². The van der Waals surface area contributed by atoms with Crippen LogP contribution in [0.1, 0.15) is 24.0 Å². The second kappa shape index (κ2) is 9.68. The molecule has 1 N–H and O–H groups in total. The summed E-state index contributed by atoms with van der Waals surface area (Å²) in [5.74, 6) is 0.351. The van der Waals surface area contributed by atoms with Gasteiger partial charge in [-0.1, -0.05) is 35.4 Å². The summed E-state index contributed by atoms with van der Waals surface area (Å²) in [6.45, 7) is 4.10. The molecular formula is C24H25N3O6S3. The van der Waals surface area contributed by atoms with Gasteiger partial charge in [0.05, 0.1) is 20.4 Å². The molecule has 190 valence electrons. The van der Waals surface area contributed by atoms with Crippen molar-refractivity contribution in [3.05, 3.63) is 83.9 Å². The number of benzene rings is 3. The fraction of sp³-hybridized carbons (Fsp3) is 0.208. The molecule has 0 unspecified atom stereocenters. The monoisotopic (exact) mass is 547 g/mol. The quantitative estimate of drug-likeness (QED) is 0.483. The molecule has 0 radical (unpaired) electrons. The van der Waals surface area contributed by atoms with Crippen LogP contribution in [0.4, 0.5) is 5.69 Å². The maximum absolute atomic E-state index is 13.6. The Hall–Kier alpha value is -3.22. The zero-order valence-corrected chi connectivity index (χ0v) is 22.1. The molecule has 0 aliphatic carbocycles. The van der Waals surface area contributed by atoms with Crippen molar-refractivity contribution in [2.24, 2.45) is 4.99 Å². The molecule has 1 aliphatic heterocycles. The van der Waals surface area contributed by atoms with Gasteiger partial charge in [0.1, 0.15) is 5.84 Å². The van der Waals surface area contributed by atoms with Crippen molar-refractivity contribution in [1.29, 1.82) is 0 Å². The molecule has 0 saturated heterocycles. The Morgan fingerprint density at radius 1 is 0.667 bits per heavy atom. The number of nitrogens with one attached hydrogen (secondary N) is 1. The molecule has 0 bridgehead atoms. The maximum atomic E-state index is 13.6. The first-order chi connectivity index (χ1) is 16.9. The normalized spacial score (nSPS) is 14.3. The van der Waals surface area contributed by atoms with E-state index in [1.165, 1.54) is 24.3 Å². The van der Waals surface area contributed by atoms with Crippen LogP contribution in [0.15, 0.2) is 92.5 Å². The predicted octanol–water partition coefficient (Wildman–Crippen LogP) is 3.36. The van der Waals surface area contributed by atoms with Gasteiger partial charge in [0, 0.05) is 13.0 Å². The van der Waals surface area contributed by atoms with Crippen molar-refractivity contribution in [2.45, 2.75) is 41.4 Å². The molecule has 0 amide bonds. The Bertz CT molecular complexity index is 1540. The summed E-state index contributed by atoms with van der Waals surface area (Å²) >= 11 is 0. The summed E-state index contributed by atoms with van der Waals surface area (Å²) < 4.78 is 82.8. The standard InChI is InChI=1S/C24H25N3O6S3/c1-18-5-11-22(12-6-18)35(30,31)27(36(32,33)23-13-7-19(2)8-14-23)20-9-15-21(16-10-20)34(28,29)26-24-4-3-17-25-24/h5-16H,3-4,17H2,1-2H3,(H,25,26). The molecule has 12 heteroatoms. The highest BCUT2D eigenvalue weighted by molar-refractivity contribution is 8.10. The molecule has 0 saturated carbocycles. The van der Waals surface area contributed by atoms with E-state index in [-0.39, 0.29) is 20.4 Å². The highest BCUT2D eigenvalue weighted by atomic mass is 32.3. The third-order valence-corrected chi connectivity index (χ3v) is 11.2. The van der Waals surface area contributed by atoms with Crippen LogP contribution in [0.2, 0.25) is 0 Å². The van der Waals surface area contributed by atoms with Gasteiger partial charge in [-0.15, -0.1) is 0 Å². The van der Waals surface area contributed by atoms with Gasteiger partial charge in [-0.3, -0.25) is 9.71 Å². The highest BCUT2D eigenvalue weighted by Gasteiger charge is 2.37. The second-order valence-electron chi connectivity index (χ2n) is 8.36. The molecule has 4 rings (SSSR count). The van der Waals surface area contributed by atoms with Gasteiger partial charge in [-0.25, -0.2) is 25.3 Å². The summed E-state index contributed by atoms with van der Waals surface area (Å²) in [6.07, 6.45) is 1.26. The minimum absolute atomic E-state index is 0.152. The molecule has 9 nitrogen and oxygen atoms in total. The molecule has 0 spiro atoms. The summed E-state index contributed by atoms with van der Waals surface area (Å²) in [7, 11) is -13.2. The van der Waals surface area contributed by atoms with Crippen molar-refractivity contribution in [3.63, 3.8) is 0 Å². The maximum Gasteiger partial charge on any atom is 0.277 e. The van der Waals surface area contributed by atoms with Gasteiger partial charge < -0.3 is 0 Å². The molecule has 1 aliphatic rings. The van der Waals surface area contributed by atoms with E-state index in [9.17, 15) is 25.3 Å². The largest absolute Gasteiger partial charge is 0.277 e. The van der Waals surface area contributed by atoms with Gasteiger partial charge in [0.2, 0.25) is 0 Å². The Kier molecular flexibility index (Phi) is 6.95. The number of aliphatic imine (C=N–C) groups is 1. The summed E-state index contributed by atoms with van der Waals surface area (Å²) in [6, 6.07) is 16.2. The minimum atomic E-state index is -4.59. The summed E-state index contributed by atoms with van der Waals surface area (Å²) in [5.41, 5.74) is 1.37. The Labute approximate surface area is 211 Å². The van der Waals surface area contributed by atoms with Crippen molar-refractivity contribution in [3.8, 4) is 0 Å². The number of sulfonamides is 3. The Morgan fingerprint density at radius 2 is 1.11 bits per heavy atom. The fourth-order valence-electron chi connectivity index (χ4n) is 3.60. The van der Waals surface area contributed by atoms with Crippen LogP contribution < -0.4 is 8.43 Å². The molecule has 36 heavy (non-hydrogen) atoms. The lowest BCUT2D eigenvalue weighted by Gasteiger charge is -2.24. The van der Waals surface area contributed by atoms with Crippen molar-refractivity contribution in [1.82, 2.24) is 4.72 Å². The van der Waals surface area contributed by atoms with E-state index in [2.05, 4.69) is 9.71 Å². The summed E-state index contributed by atoms with van der Waals surface area (Å²) in [5, 5.41) is 0. The van der Waals surface area contributed by atoms with E-state index in [0.29, 0.717) is 22.5 Å². The third-order valence-electron chi connectivity index (χ3n) is 5.56. The van der Waals surface area contributed by atoms with Gasteiger partial charge in [0.15, 0.2) is 0 Å². The van der Waals surface area contributed by atoms with E-state index < -0.39 is 30.1 Å². The van der Waals surface area contributed by atoms with Gasteiger partial charge in [-0.05, 0) is 68.8 Å². The van der Waals surface area contributed by atoms with Crippen LogP contribution in [-0.2, 0) is 30.1 Å². The van der Waals surface area contributed by atoms with Crippen LogP contribution in [-0.4, -0.2) is 37.6 Å². The molecule has 0 aromatic heterocycles. The first-order valence-electron chi connectivity index (χ1n) is 11.0. The number of amidine groups is 1.